The van der Waals surface area contributed by atoms with Crippen molar-refractivity contribution in [2.75, 3.05) is 6.26 Å². The third-order valence-electron chi connectivity index (χ3n) is 2.84. The molecule has 1 aliphatic rings. The Labute approximate surface area is 115 Å². The van der Waals surface area contributed by atoms with Gasteiger partial charge in [0.05, 0.1) is 4.90 Å². The molecule has 1 atom stereocenters. The van der Waals surface area contributed by atoms with E-state index in [0.29, 0.717) is 10.5 Å². The van der Waals surface area contributed by atoms with Crippen LogP contribution >= 0.6 is 15.9 Å². The monoisotopic (exact) mass is 331 g/mol. The molecule has 0 saturated carbocycles. The molecule has 4 nitrogen and oxygen atoms in total. The summed E-state index contributed by atoms with van der Waals surface area (Å²) in [5.41, 5.74) is 5.17. The van der Waals surface area contributed by atoms with E-state index < -0.39 is 9.84 Å². The molecule has 98 valence electrons. The minimum absolute atomic E-state index is 0.306. The highest BCUT2D eigenvalue weighted by atomic mass is 79.9. The summed E-state index contributed by atoms with van der Waals surface area (Å²) in [5, 5.41) is 0. The lowest BCUT2D eigenvalue weighted by molar-refractivity contribution is 0.0403. The summed E-state index contributed by atoms with van der Waals surface area (Å²) in [6.07, 6.45) is 2.69. The second-order valence-corrected chi connectivity index (χ2v) is 7.19. The first kappa shape index (κ1) is 13.6. The number of hydroxylamine groups is 1. The molecule has 1 heterocycles. The van der Waals surface area contributed by atoms with Gasteiger partial charge in [-0.2, -0.15) is 0 Å². The topological polar surface area (TPSA) is 55.4 Å². The molecule has 0 aromatic heterocycles. The average molecular weight is 332 g/mol. The molecule has 0 amide bonds. The van der Waals surface area contributed by atoms with Gasteiger partial charge in [0.15, 0.2) is 9.84 Å². The van der Waals surface area contributed by atoms with Crippen LogP contribution in [0.1, 0.15) is 24.2 Å². The van der Waals surface area contributed by atoms with Gasteiger partial charge in [-0.1, -0.05) is 15.9 Å². The van der Waals surface area contributed by atoms with E-state index in [1.807, 2.05) is 19.9 Å². The molecule has 6 heteroatoms. The molecule has 18 heavy (non-hydrogen) atoms. The third kappa shape index (κ3) is 2.46. The van der Waals surface area contributed by atoms with Crippen LogP contribution in [0.2, 0.25) is 0 Å². The summed E-state index contributed by atoms with van der Waals surface area (Å²) in [6.45, 7) is 3.74. The molecule has 0 aliphatic carbocycles. The molecule has 0 fully saturated rings. The molecule has 2 rings (SSSR count). The summed E-state index contributed by atoms with van der Waals surface area (Å²) in [7, 11) is -3.29. The number of rotatable bonds is 2. The van der Waals surface area contributed by atoms with Crippen molar-refractivity contribution < 1.29 is 13.3 Å². The maximum atomic E-state index is 11.8. The van der Waals surface area contributed by atoms with E-state index in [1.165, 1.54) is 6.26 Å². The number of hydrogen-bond donors (Lipinski definition) is 1. The lowest BCUT2D eigenvalue weighted by Crippen LogP contribution is -2.12. The summed E-state index contributed by atoms with van der Waals surface area (Å²) in [5.74, 6) is 0. The Morgan fingerprint density at radius 3 is 2.50 bits per heavy atom. The van der Waals surface area contributed by atoms with Crippen LogP contribution in [0.5, 0.6) is 0 Å². The Balaban J connectivity index is 2.67. The number of hydrogen-bond acceptors (Lipinski definition) is 4. The van der Waals surface area contributed by atoms with E-state index in [1.54, 1.807) is 12.1 Å². The fourth-order valence-electron chi connectivity index (χ4n) is 1.95. The predicted octanol–water partition coefficient (Wildman–Crippen LogP) is 2.64. The molecule has 1 N–H and O–H groups in total. The van der Waals surface area contributed by atoms with Crippen LogP contribution in [0.15, 0.2) is 33.3 Å². The fourth-order valence-corrected chi connectivity index (χ4v) is 3.28. The van der Waals surface area contributed by atoms with E-state index in [2.05, 4.69) is 21.4 Å². The van der Waals surface area contributed by atoms with Crippen LogP contribution in [-0.4, -0.2) is 14.7 Å². The highest BCUT2D eigenvalue weighted by Crippen LogP contribution is 2.35. The molecular weight excluding hydrogens is 318 g/mol. The van der Waals surface area contributed by atoms with E-state index in [4.69, 9.17) is 4.84 Å². The summed E-state index contributed by atoms with van der Waals surface area (Å²) < 4.78 is 24.6. The molecule has 0 spiro atoms. The molecule has 1 aromatic rings. The first-order valence-corrected chi connectivity index (χ1v) is 8.08. The van der Waals surface area contributed by atoms with Crippen LogP contribution in [0, 0.1) is 6.92 Å². The van der Waals surface area contributed by atoms with Gasteiger partial charge in [-0.05, 0) is 37.6 Å². The Morgan fingerprint density at radius 1 is 1.33 bits per heavy atom. The molecular formula is C12H14BrNO3S. The second kappa shape index (κ2) is 4.68. The van der Waals surface area contributed by atoms with Gasteiger partial charge in [-0.25, -0.2) is 8.42 Å². The maximum Gasteiger partial charge on any atom is 0.175 e. The van der Waals surface area contributed by atoms with Gasteiger partial charge in [0, 0.05) is 22.0 Å². The first-order chi connectivity index (χ1) is 8.30. The Hall–Kier alpha value is -0.850. The van der Waals surface area contributed by atoms with E-state index in [-0.39, 0.29) is 6.10 Å². The van der Waals surface area contributed by atoms with Crippen LogP contribution in [0.25, 0.3) is 0 Å². The lowest BCUT2D eigenvalue weighted by atomic mass is 10.0. The van der Waals surface area contributed by atoms with Crippen molar-refractivity contribution in [3.63, 3.8) is 0 Å². The van der Waals surface area contributed by atoms with Gasteiger partial charge in [0.1, 0.15) is 6.10 Å². The summed E-state index contributed by atoms with van der Waals surface area (Å²) >= 11 is 3.42. The van der Waals surface area contributed by atoms with Crippen LogP contribution < -0.4 is 5.48 Å². The van der Waals surface area contributed by atoms with Crippen molar-refractivity contribution in [1.82, 2.24) is 5.48 Å². The van der Waals surface area contributed by atoms with Gasteiger partial charge in [-0.15, -0.1) is 0 Å². The van der Waals surface area contributed by atoms with Crippen molar-refractivity contribution in [3.8, 4) is 0 Å². The Kier molecular flexibility index (Phi) is 3.53. The smallest absolute Gasteiger partial charge is 0.175 e. The van der Waals surface area contributed by atoms with Gasteiger partial charge in [0.25, 0.3) is 0 Å². The van der Waals surface area contributed by atoms with Crippen molar-refractivity contribution >= 4 is 25.8 Å². The lowest BCUT2D eigenvalue weighted by Gasteiger charge is -2.16. The number of sulfone groups is 1. The van der Waals surface area contributed by atoms with Gasteiger partial charge in [0.2, 0.25) is 0 Å². The molecule has 0 saturated heterocycles. The molecule has 1 aliphatic heterocycles. The minimum atomic E-state index is -3.29. The van der Waals surface area contributed by atoms with Crippen molar-refractivity contribution in [3.05, 3.63) is 39.5 Å². The number of benzene rings is 1. The first-order valence-electron chi connectivity index (χ1n) is 5.40. The van der Waals surface area contributed by atoms with E-state index in [9.17, 15) is 8.42 Å². The largest absolute Gasteiger partial charge is 0.271 e. The zero-order valence-electron chi connectivity index (χ0n) is 10.3. The van der Waals surface area contributed by atoms with Crippen LogP contribution in [-0.2, 0) is 14.7 Å². The molecule has 1 unspecified atom stereocenters. The number of allylic oxidation sites excluding steroid dienone is 1. The summed E-state index contributed by atoms with van der Waals surface area (Å²) in [4.78, 5) is 5.70. The quantitative estimate of drug-likeness (QED) is 0.905. The number of nitrogens with one attached hydrogen (secondary N) is 1. The van der Waals surface area contributed by atoms with Crippen LogP contribution in [0.4, 0.5) is 0 Å². The SMILES string of the molecule is CC1=CC(c2c(S(C)(=O)=O)ccc(Br)c2C)ON1. The van der Waals surface area contributed by atoms with Gasteiger partial charge in [-0.3, -0.25) is 10.3 Å². The van der Waals surface area contributed by atoms with E-state index in [0.717, 1.165) is 15.7 Å². The zero-order valence-corrected chi connectivity index (χ0v) is 12.7. The highest BCUT2D eigenvalue weighted by Gasteiger charge is 2.26. The van der Waals surface area contributed by atoms with Crippen molar-refractivity contribution in [1.29, 1.82) is 0 Å². The average Bonchev–Trinajstić information content (AvgIpc) is 2.66. The Morgan fingerprint density at radius 2 is 2.00 bits per heavy atom. The third-order valence-corrected chi connectivity index (χ3v) is 4.86. The van der Waals surface area contributed by atoms with E-state index >= 15 is 0 Å². The van der Waals surface area contributed by atoms with Crippen LogP contribution in [0.3, 0.4) is 0 Å². The summed E-state index contributed by atoms with van der Waals surface area (Å²) in [6, 6.07) is 3.35. The standard InChI is InChI=1S/C12H14BrNO3S/c1-7-6-10(17-14-7)12-8(2)9(13)4-5-11(12)18(3,15)16/h4-6,10,14H,1-3H3. The normalized spacial score (nSPS) is 19.6. The predicted molar refractivity (Wildman–Crippen MR) is 72.7 cm³/mol. The minimum Gasteiger partial charge on any atom is -0.271 e. The van der Waals surface area contributed by atoms with Crippen molar-refractivity contribution in [2.45, 2.75) is 24.8 Å². The molecule has 0 bridgehead atoms. The van der Waals surface area contributed by atoms with Gasteiger partial charge < -0.3 is 0 Å². The maximum absolute atomic E-state index is 11.8. The van der Waals surface area contributed by atoms with Crippen molar-refractivity contribution in [2.24, 2.45) is 0 Å². The molecule has 0 radical (unpaired) electrons. The number of halogens is 1. The fraction of sp³-hybridized carbons (Fsp3) is 0.333. The zero-order chi connectivity index (χ0) is 13.5. The van der Waals surface area contributed by atoms with Gasteiger partial charge >= 0.3 is 0 Å². The highest BCUT2D eigenvalue weighted by molar-refractivity contribution is 9.10. The Bertz CT molecular complexity index is 622. The molecule has 1 aromatic carbocycles. The second-order valence-electron chi connectivity index (χ2n) is 4.35.